The van der Waals surface area contributed by atoms with Crippen LogP contribution in [0.5, 0.6) is 0 Å². The van der Waals surface area contributed by atoms with Crippen molar-refractivity contribution in [1.82, 2.24) is 4.90 Å². The number of fused-ring (bicyclic) bond motifs is 1. The molecule has 2 aliphatic heterocycles. The number of hydrogen-bond donors (Lipinski definition) is 3. The number of anilines is 1. The van der Waals surface area contributed by atoms with Crippen LogP contribution >= 0.6 is 11.3 Å². The van der Waals surface area contributed by atoms with Crippen molar-refractivity contribution in [3.05, 3.63) is 51.7 Å². The average molecular weight is 401 g/mol. The summed E-state index contributed by atoms with van der Waals surface area (Å²) in [6, 6.07) is 9.82. The van der Waals surface area contributed by atoms with E-state index < -0.39 is 11.7 Å². The summed E-state index contributed by atoms with van der Waals surface area (Å²) in [7, 11) is 0. The van der Waals surface area contributed by atoms with Gasteiger partial charge in [-0.05, 0) is 61.2 Å². The fourth-order valence-electron chi connectivity index (χ4n) is 4.35. The van der Waals surface area contributed by atoms with Crippen LogP contribution < -0.4 is 5.32 Å². The van der Waals surface area contributed by atoms with E-state index in [1.54, 1.807) is 11.3 Å². The fraction of sp³-hybridized carbons (Fsp3) is 0.500. The van der Waals surface area contributed by atoms with Gasteiger partial charge in [0.25, 0.3) is 0 Å². The minimum atomic E-state index is -0.738. The maximum atomic E-state index is 11.7. The summed E-state index contributed by atoms with van der Waals surface area (Å²) >= 11 is 1.61. The van der Waals surface area contributed by atoms with Crippen LogP contribution in [0, 0.1) is 0 Å². The number of benzene rings is 1. The van der Waals surface area contributed by atoms with E-state index in [-0.39, 0.29) is 11.9 Å². The van der Waals surface area contributed by atoms with Crippen LogP contribution in [0.1, 0.15) is 54.7 Å². The number of carbonyl (C=O) groups is 1. The summed E-state index contributed by atoms with van der Waals surface area (Å²) < 4.78 is 0. The minimum Gasteiger partial charge on any atom is -0.387 e. The maximum Gasteiger partial charge on any atom is 0.224 e. The molecule has 2 atom stereocenters. The number of carbonyl (C=O) groups excluding carboxylic acids is 1. The van der Waals surface area contributed by atoms with E-state index in [0.717, 1.165) is 47.6 Å². The average Bonchev–Trinajstić information content (AvgIpc) is 3.18. The predicted molar refractivity (Wildman–Crippen MR) is 111 cm³/mol. The lowest BCUT2D eigenvalue weighted by Crippen LogP contribution is -2.47. The van der Waals surface area contributed by atoms with Crippen LogP contribution in [0.2, 0.25) is 0 Å². The molecule has 4 rings (SSSR count). The topological polar surface area (TPSA) is 72.8 Å². The molecule has 0 aliphatic carbocycles. The van der Waals surface area contributed by atoms with Gasteiger partial charge in [0.15, 0.2) is 0 Å². The number of aryl methyl sites for hydroxylation is 1. The summed E-state index contributed by atoms with van der Waals surface area (Å²) in [5.41, 5.74) is 2.12. The van der Waals surface area contributed by atoms with Crippen molar-refractivity contribution in [2.45, 2.75) is 56.8 Å². The number of amides is 1. The lowest BCUT2D eigenvalue weighted by Gasteiger charge is -2.41. The SMILES string of the molecule is CC(C(O)c1ccc2c(c1)CCCC(=O)N2)N1CCC(O)(c2cccs2)CC1. The third-order valence-corrected chi connectivity index (χ3v) is 7.30. The highest BCUT2D eigenvalue weighted by molar-refractivity contribution is 7.10. The molecule has 1 saturated heterocycles. The molecule has 1 amide bonds. The Labute approximate surface area is 170 Å². The third-order valence-electron chi connectivity index (χ3n) is 6.23. The number of aliphatic hydroxyl groups is 2. The molecule has 1 fully saturated rings. The molecular formula is C22H28N2O3S. The standard InChI is InChI=1S/C22H28N2O3S/c1-15(24-11-9-22(27,10-12-24)19-5-3-13-28-19)21(26)17-7-8-18-16(14-17)4-2-6-20(25)23-18/h3,5,7-8,13-15,21,26-27H,2,4,6,9-12H2,1H3,(H,23,25). The zero-order valence-corrected chi connectivity index (χ0v) is 17.0. The Bertz CT molecular complexity index is 828. The second-order valence-electron chi connectivity index (χ2n) is 8.05. The van der Waals surface area contributed by atoms with Crippen molar-refractivity contribution < 1.29 is 15.0 Å². The predicted octanol–water partition coefficient (Wildman–Crippen LogP) is 3.43. The molecule has 6 heteroatoms. The van der Waals surface area contributed by atoms with Crippen LogP contribution in [0.15, 0.2) is 35.7 Å². The Morgan fingerprint density at radius 1 is 1.21 bits per heavy atom. The second kappa shape index (κ2) is 7.95. The lowest BCUT2D eigenvalue weighted by atomic mass is 9.88. The molecule has 0 saturated carbocycles. The zero-order chi connectivity index (χ0) is 19.7. The van der Waals surface area contributed by atoms with Gasteiger partial charge in [-0.15, -0.1) is 11.3 Å². The summed E-state index contributed by atoms with van der Waals surface area (Å²) in [5.74, 6) is 0.0620. The Balaban J connectivity index is 1.43. The summed E-state index contributed by atoms with van der Waals surface area (Å²) in [6.45, 7) is 3.56. The van der Waals surface area contributed by atoms with Crippen LogP contribution in [0.3, 0.4) is 0 Å². The largest absolute Gasteiger partial charge is 0.387 e. The molecule has 2 unspecified atom stereocenters. The molecule has 3 heterocycles. The second-order valence-corrected chi connectivity index (χ2v) is 9.00. The van der Waals surface area contributed by atoms with Crippen molar-refractivity contribution in [3.63, 3.8) is 0 Å². The molecule has 0 radical (unpaired) electrons. The van der Waals surface area contributed by atoms with Crippen LogP contribution in [-0.4, -0.2) is 40.2 Å². The molecule has 28 heavy (non-hydrogen) atoms. The van der Waals surface area contributed by atoms with Crippen molar-refractivity contribution in [1.29, 1.82) is 0 Å². The number of thiophene rings is 1. The molecule has 1 aromatic carbocycles. The molecule has 1 aromatic heterocycles. The lowest BCUT2D eigenvalue weighted by molar-refractivity contribution is -0.116. The number of aliphatic hydroxyl groups excluding tert-OH is 1. The molecule has 0 bridgehead atoms. The molecule has 2 aromatic rings. The van der Waals surface area contributed by atoms with E-state index in [1.165, 1.54) is 0 Å². The quantitative estimate of drug-likeness (QED) is 0.735. The summed E-state index contributed by atoms with van der Waals surface area (Å²) in [4.78, 5) is 15.0. The van der Waals surface area contributed by atoms with Crippen LogP contribution in [0.4, 0.5) is 5.69 Å². The molecule has 0 spiro atoms. The van der Waals surface area contributed by atoms with Gasteiger partial charge in [0.05, 0.1) is 6.10 Å². The zero-order valence-electron chi connectivity index (χ0n) is 16.2. The molecule has 2 aliphatic rings. The van der Waals surface area contributed by atoms with Gasteiger partial charge in [-0.2, -0.15) is 0 Å². The van der Waals surface area contributed by atoms with Gasteiger partial charge in [-0.3, -0.25) is 9.69 Å². The van der Waals surface area contributed by atoms with Gasteiger partial charge >= 0.3 is 0 Å². The number of rotatable bonds is 4. The first kappa shape index (κ1) is 19.6. The van der Waals surface area contributed by atoms with E-state index in [1.807, 2.05) is 42.6 Å². The molecular weight excluding hydrogens is 372 g/mol. The van der Waals surface area contributed by atoms with Gasteiger partial charge in [-0.1, -0.05) is 18.2 Å². The summed E-state index contributed by atoms with van der Waals surface area (Å²) in [5, 5.41) is 26.9. The Morgan fingerprint density at radius 2 is 2.00 bits per heavy atom. The van der Waals surface area contributed by atoms with Crippen molar-refractivity contribution in [3.8, 4) is 0 Å². The Kier molecular flexibility index (Phi) is 5.56. The van der Waals surface area contributed by atoms with Gasteiger partial charge in [0.1, 0.15) is 5.60 Å². The van der Waals surface area contributed by atoms with E-state index in [0.29, 0.717) is 19.3 Å². The van der Waals surface area contributed by atoms with Gasteiger partial charge in [0, 0.05) is 36.1 Å². The first-order valence-corrected chi connectivity index (χ1v) is 11.0. The highest BCUT2D eigenvalue weighted by atomic mass is 32.1. The maximum absolute atomic E-state index is 11.7. The van der Waals surface area contributed by atoms with Crippen molar-refractivity contribution in [2.75, 3.05) is 18.4 Å². The molecule has 5 nitrogen and oxygen atoms in total. The third kappa shape index (κ3) is 3.87. The Hall–Kier alpha value is -1.73. The van der Waals surface area contributed by atoms with E-state index >= 15 is 0 Å². The van der Waals surface area contributed by atoms with E-state index in [4.69, 9.17) is 0 Å². The Morgan fingerprint density at radius 3 is 2.71 bits per heavy atom. The van der Waals surface area contributed by atoms with Crippen molar-refractivity contribution >= 4 is 22.9 Å². The van der Waals surface area contributed by atoms with Crippen molar-refractivity contribution in [2.24, 2.45) is 0 Å². The highest BCUT2D eigenvalue weighted by Crippen LogP contribution is 2.37. The first-order chi connectivity index (χ1) is 13.5. The van der Waals surface area contributed by atoms with E-state index in [2.05, 4.69) is 10.2 Å². The number of nitrogens with zero attached hydrogens (tertiary/aromatic N) is 1. The van der Waals surface area contributed by atoms with Gasteiger partial charge in [0.2, 0.25) is 5.91 Å². The fourth-order valence-corrected chi connectivity index (χ4v) is 5.23. The van der Waals surface area contributed by atoms with Crippen LogP contribution in [-0.2, 0) is 16.8 Å². The van der Waals surface area contributed by atoms with Gasteiger partial charge < -0.3 is 15.5 Å². The first-order valence-electron chi connectivity index (χ1n) is 10.1. The van der Waals surface area contributed by atoms with E-state index in [9.17, 15) is 15.0 Å². The number of likely N-dealkylation sites (tertiary alicyclic amines) is 1. The monoisotopic (exact) mass is 400 g/mol. The minimum absolute atomic E-state index is 0.0358. The number of nitrogens with one attached hydrogen (secondary N) is 1. The number of piperidine rings is 1. The van der Waals surface area contributed by atoms with Gasteiger partial charge in [-0.25, -0.2) is 0 Å². The van der Waals surface area contributed by atoms with Crippen LogP contribution in [0.25, 0.3) is 0 Å². The molecule has 150 valence electrons. The smallest absolute Gasteiger partial charge is 0.224 e. The summed E-state index contributed by atoms with van der Waals surface area (Å²) in [6.07, 6.45) is 2.99. The molecule has 3 N–H and O–H groups in total. The normalized spacial score (nSPS) is 22.0. The number of hydrogen-bond acceptors (Lipinski definition) is 5. The highest BCUT2D eigenvalue weighted by Gasteiger charge is 2.37.